The molecule has 20 heavy (non-hydrogen) atoms. The maximum atomic E-state index is 13.7. The number of nitrogens with two attached hydrogens (primary N) is 1. The molecule has 0 bridgehead atoms. The number of sulfonamides is 1. The molecule has 8 nitrogen and oxygen atoms in total. The van der Waals surface area contributed by atoms with Crippen LogP contribution in [0.3, 0.4) is 0 Å². The highest BCUT2D eigenvalue weighted by Crippen LogP contribution is 2.25. The first-order chi connectivity index (χ1) is 9.34. The van der Waals surface area contributed by atoms with Crippen LogP contribution in [0.15, 0.2) is 23.1 Å². The fourth-order valence-electron chi connectivity index (χ4n) is 1.84. The van der Waals surface area contributed by atoms with Crippen LogP contribution < -0.4 is 5.73 Å². The standard InChI is InChI=1S/C10H12FN3O5S/c11-8-2-1-7(14(15)16)5-9(8)20(17,18)13-3-4-19-6-10(13)12/h1-2,5,10H,3-4,6,12H2. The van der Waals surface area contributed by atoms with Gasteiger partial charge in [-0.15, -0.1) is 0 Å². The van der Waals surface area contributed by atoms with Crippen LogP contribution in [-0.2, 0) is 14.8 Å². The van der Waals surface area contributed by atoms with Crippen LogP contribution in [0.2, 0.25) is 0 Å². The first-order valence-corrected chi connectivity index (χ1v) is 7.07. The second-order valence-electron chi connectivity index (χ2n) is 4.13. The Kier molecular flexibility index (Phi) is 3.99. The van der Waals surface area contributed by atoms with Crippen LogP contribution in [-0.4, -0.2) is 43.6 Å². The number of nitrogens with zero attached hydrogens (tertiary/aromatic N) is 2. The summed E-state index contributed by atoms with van der Waals surface area (Å²) in [5, 5.41) is 10.7. The average Bonchev–Trinajstić information content (AvgIpc) is 2.39. The number of rotatable bonds is 3. The fraction of sp³-hybridized carbons (Fsp3) is 0.400. The Morgan fingerprint density at radius 3 is 2.80 bits per heavy atom. The topological polar surface area (TPSA) is 116 Å². The van der Waals surface area contributed by atoms with Gasteiger partial charge < -0.3 is 10.5 Å². The van der Waals surface area contributed by atoms with E-state index in [2.05, 4.69) is 0 Å². The van der Waals surface area contributed by atoms with Crippen LogP contribution in [0, 0.1) is 15.9 Å². The molecular weight excluding hydrogens is 293 g/mol. The molecule has 2 rings (SSSR count). The maximum Gasteiger partial charge on any atom is 0.270 e. The van der Waals surface area contributed by atoms with Crippen molar-refractivity contribution >= 4 is 15.7 Å². The van der Waals surface area contributed by atoms with Crippen LogP contribution in [0.4, 0.5) is 10.1 Å². The average molecular weight is 305 g/mol. The molecule has 0 radical (unpaired) electrons. The number of nitro groups is 1. The highest BCUT2D eigenvalue weighted by atomic mass is 32.2. The zero-order valence-corrected chi connectivity index (χ0v) is 11.0. The zero-order chi connectivity index (χ0) is 14.9. The quantitative estimate of drug-likeness (QED) is 0.622. The lowest BCUT2D eigenvalue weighted by Crippen LogP contribution is -2.53. The van der Waals surface area contributed by atoms with E-state index in [1.54, 1.807) is 0 Å². The van der Waals surface area contributed by atoms with Crippen molar-refractivity contribution in [3.8, 4) is 0 Å². The monoisotopic (exact) mass is 305 g/mol. The molecule has 1 saturated heterocycles. The van der Waals surface area contributed by atoms with Gasteiger partial charge in [0.1, 0.15) is 10.7 Å². The number of non-ortho nitro benzene ring substituents is 1. The molecule has 0 amide bonds. The van der Waals surface area contributed by atoms with Crippen LogP contribution in [0.1, 0.15) is 0 Å². The minimum atomic E-state index is -4.25. The predicted molar refractivity (Wildman–Crippen MR) is 65.7 cm³/mol. The van der Waals surface area contributed by atoms with Gasteiger partial charge in [0, 0.05) is 18.7 Å². The van der Waals surface area contributed by atoms with Gasteiger partial charge in [-0.25, -0.2) is 12.8 Å². The largest absolute Gasteiger partial charge is 0.377 e. The summed E-state index contributed by atoms with van der Waals surface area (Å²) in [4.78, 5) is 9.11. The molecule has 0 aromatic heterocycles. The van der Waals surface area contributed by atoms with Crippen LogP contribution in [0.25, 0.3) is 0 Å². The number of morpholine rings is 1. The Morgan fingerprint density at radius 1 is 1.50 bits per heavy atom. The van der Waals surface area contributed by atoms with Crippen molar-refractivity contribution in [3.05, 3.63) is 34.1 Å². The van der Waals surface area contributed by atoms with E-state index in [0.29, 0.717) is 6.07 Å². The molecule has 10 heteroatoms. The van der Waals surface area contributed by atoms with Gasteiger partial charge in [0.2, 0.25) is 10.0 Å². The van der Waals surface area contributed by atoms with Gasteiger partial charge >= 0.3 is 0 Å². The summed E-state index contributed by atoms with van der Waals surface area (Å²) in [5.41, 5.74) is 5.11. The molecule has 1 atom stereocenters. The molecule has 1 heterocycles. The van der Waals surface area contributed by atoms with Crippen molar-refractivity contribution in [2.75, 3.05) is 19.8 Å². The van der Waals surface area contributed by atoms with E-state index in [1.165, 1.54) is 0 Å². The molecule has 2 N–H and O–H groups in total. The molecule has 1 fully saturated rings. The number of halogens is 1. The summed E-state index contributed by atoms with van der Waals surface area (Å²) in [6.45, 7) is 0.0743. The predicted octanol–water partition coefficient (Wildman–Crippen LogP) is 0.0396. The van der Waals surface area contributed by atoms with Crippen LogP contribution >= 0.6 is 0 Å². The van der Waals surface area contributed by atoms with E-state index in [9.17, 15) is 22.9 Å². The third-order valence-electron chi connectivity index (χ3n) is 2.83. The molecule has 0 saturated carbocycles. The molecule has 1 aromatic rings. The van der Waals surface area contributed by atoms with Crippen molar-refractivity contribution in [3.63, 3.8) is 0 Å². The fourth-order valence-corrected chi connectivity index (χ4v) is 3.40. The summed E-state index contributed by atoms with van der Waals surface area (Å²) >= 11 is 0. The maximum absolute atomic E-state index is 13.7. The molecule has 1 aliphatic rings. The zero-order valence-electron chi connectivity index (χ0n) is 10.2. The highest BCUT2D eigenvalue weighted by Gasteiger charge is 2.34. The Hall–Kier alpha value is -1.62. The second kappa shape index (κ2) is 5.40. The summed E-state index contributed by atoms with van der Waals surface area (Å²) in [5.74, 6) is -1.06. The molecule has 110 valence electrons. The van der Waals surface area contributed by atoms with Gasteiger partial charge in [-0.2, -0.15) is 4.31 Å². The van der Waals surface area contributed by atoms with E-state index < -0.39 is 37.5 Å². The van der Waals surface area contributed by atoms with Crippen molar-refractivity contribution in [2.45, 2.75) is 11.1 Å². The summed E-state index contributed by atoms with van der Waals surface area (Å²) < 4.78 is 44.2. The lowest BCUT2D eigenvalue weighted by atomic mass is 10.3. The number of hydrogen-bond donors (Lipinski definition) is 1. The normalized spacial score (nSPS) is 20.8. The van der Waals surface area contributed by atoms with Gasteiger partial charge in [0.25, 0.3) is 5.69 Å². The van der Waals surface area contributed by atoms with E-state index in [1.807, 2.05) is 0 Å². The Labute approximate surface area is 114 Å². The van der Waals surface area contributed by atoms with Gasteiger partial charge in [-0.3, -0.25) is 10.1 Å². The third-order valence-corrected chi connectivity index (χ3v) is 4.77. The van der Waals surface area contributed by atoms with Crippen molar-refractivity contribution in [1.82, 2.24) is 4.31 Å². The van der Waals surface area contributed by atoms with E-state index in [4.69, 9.17) is 10.5 Å². The number of benzene rings is 1. The molecule has 1 aromatic carbocycles. The smallest absolute Gasteiger partial charge is 0.270 e. The van der Waals surface area contributed by atoms with E-state index in [-0.39, 0.29) is 19.8 Å². The minimum Gasteiger partial charge on any atom is -0.377 e. The number of ether oxygens (including phenoxy) is 1. The second-order valence-corrected chi connectivity index (χ2v) is 5.99. The third kappa shape index (κ3) is 2.63. The molecule has 1 aliphatic heterocycles. The van der Waals surface area contributed by atoms with E-state index >= 15 is 0 Å². The van der Waals surface area contributed by atoms with E-state index in [0.717, 1.165) is 16.4 Å². The summed E-state index contributed by atoms with van der Waals surface area (Å²) in [6.07, 6.45) is -0.951. The molecule has 0 aliphatic carbocycles. The Morgan fingerprint density at radius 2 is 2.20 bits per heavy atom. The van der Waals surface area contributed by atoms with Crippen molar-refractivity contribution in [1.29, 1.82) is 0 Å². The minimum absolute atomic E-state index is 0.0181. The first-order valence-electron chi connectivity index (χ1n) is 5.63. The van der Waals surface area contributed by atoms with Crippen LogP contribution in [0.5, 0.6) is 0 Å². The van der Waals surface area contributed by atoms with Gasteiger partial charge in [0.15, 0.2) is 0 Å². The molecular formula is C10H12FN3O5S. The first kappa shape index (κ1) is 14.8. The SMILES string of the molecule is NC1COCCN1S(=O)(=O)c1cc([N+](=O)[O-])ccc1F. The Balaban J connectivity index is 2.48. The number of nitro benzene ring substituents is 1. The number of hydrogen-bond acceptors (Lipinski definition) is 6. The lowest BCUT2D eigenvalue weighted by molar-refractivity contribution is -0.385. The molecule has 0 spiro atoms. The van der Waals surface area contributed by atoms with Gasteiger partial charge in [-0.05, 0) is 6.07 Å². The van der Waals surface area contributed by atoms with Gasteiger partial charge in [-0.1, -0.05) is 0 Å². The summed E-state index contributed by atoms with van der Waals surface area (Å²) in [7, 11) is -4.25. The van der Waals surface area contributed by atoms with Gasteiger partial charge in [0.05, 0.1) is 24.3 Å². The van der Waals surface area contributed by atoms with Crippen molar-refractivity contribution < 1.29 is 22.5 Å². The Bertz CT molecular complexity index is 636. The molecule has 1 unspecified atom stereocenters. The van der Waals surface area contributed by atoms with Crippen molar-refractivity contribution in [2.24, 2.45) is 5.73 Å². The lowest BCUT2D eigenvalue weighted by Gasteiger charge is -2.31. The highest BCUT2D eigenvalue weighted by molar-refractivity contribution is 7.89. The summed E-state index contributed by atoms with van der Waals surface area (Å²) in [6, 6.07) is 2.33.